The molecular formula is C22H27N5O2. The summed E-state index contributed by atoms with van der Waals surface area (Å²) in [4.78, 5) is 16.4. The Bertz CT molecular complexity index is 904. The van der Waals surface area contributed by atoms with Crippen molar-refractivity contribution in [1.82, 2.24) is 15.2 Å². The molecule has 152 valence electrons. The maximum absolute atomic E-state index is 12.1. The van der Waals surface area contributed by atoms with Gasteiger partial charge in [0.25, 0.3) is 0 Å². The molecular weight excluding hydrogens is 366 g/mol. The number of nitrogens with zero attached hydrogens (tertiary/aromatic N) is 2. The molecule has 0 fully saturated rings. The van der Waals surface area contributed by atoms with Crippen LogP contribution in [0.3, 0.4) is 0 Å². The molecule has 0 saturated heterocycles. The molecule has 29 heavy (non-hydrogen) atoms. The number of nitrogens with one attached hydrogen (secondary N) is 2. The molecule has 0 saturated carbocycles. The second kappa shape index (κ2) is 10.4. The lowest BCUT2D eigenvalue weighted by Crippen LogP contribution is -2.10. The third kappa shape index (κ3) is 6.15. The Morgan fingerprint density at radius 1 is 1.07 bits per heavy atom. The van der Waals surface area contributed by atoms with Gasteiger partial charge in [-0.2, -0.15) is 5.10 Å². The first-order chi connectivity index (χ1) is 14.2. The third-order valence-corrected chi connectivity index (χ3v) is 4.68. The number of ether oxygens (including phenoxy) is 1. The summed E-state index contributed by atoms with van der Waals surface area (Å²) in [5, 5.41) is 9.85. The average molecular weight is 393 g/mol. The van der Waals surface area contributed by atoms with E-state index in [0.717, 1.165) is 42.7 Å². The van der Waals surface area contributed by atoms with Crippen molar-refractivity contribution < 1.29 is 9.53 Å². The molecule has 0 unspecified atom stereocenters. The van der Waals surface area contributed by atoms with Gasteiger partial charge in [0.1, 0.15) is 11.6 Å². The Labute approximate surface area is 170 Å². The van der Waals surface area contributed by atoms with Crippen LogP contribution in [0.1, 0.15) is 37.1 Å². The number of hydrogen-bond acceptors (Lipinski definition) is 5. The SMILES string of the molecule is COc1ccc(CCCCCC(=O)Nc2ccc(-c3n[nH]c(CN)n3)cc2)cc1. The normalized spacial score (nSPS) is 10.7. The molecule has 3 rings (SSSR count). The summed E-state index contributed by atoms with van der Waals surface area (Å²) in [6.45, 7) is 0.321. The number of amides is 1. The second-order valence-electron chi connectivity index (χ2n) is 6.84. The van der Waals surface area contributed by atoms with Crippen LogP contribution in [0.5, 0.6) is 5.75 Å². The summed E-state index contributed by atoms with van der Waals surface area (Å²) < 4.78 is 5.17. The minimum absolute atomic E-state index is 0.0329. The van der Waals surface area contributed by atoms with Crippen LogP contribution in [0.15, 0.2) is 48.5 Å². The van der Waals surface area contributed by atoms with Crippen molar-refractivity contribution >= 4 is 11.6 Å². The van der Waals surface area contributed by atoms with E-state index in [9.17, 15) is 4.79 Å². The van der Waals surface area contributed by atoms with Gasteiger partial charge < -0.3 is 15.8 Å². The molecule has 7 nitrogen and oxygen atoms in total. The summed E-state index contributed by atoms with van der Waals surface area (Å²) in [5.41, 5.74) is 8.47. The van der Waals surface area contributed by atoms with Crippen LogP contribution >= 0.6 is 0 Å². The van der Waals surface area contributed by atoms with Gasteiger partial charge in [0.2, 0.25) is 5.91 Å². The van der Waals surface area contributed by atoms with Crippen LogP contribution in [-0.2, 0) is 17.8 Å². The smallest absolute Gasteiger partial charge is 0.224 e. The minimum Gasteiger partial charge on any atom is -0.497 e. The number of aryl methyl sites for hydroxylation is 1. The zero-order chi connectivity index (χ0) is 20.5. The molecule has 1 amide bonds. The number of hydrogen-bond donors (Lipinski definition) is 3. The summed E-state index contributed by atoms with van der Waals surface area (Å²) in [5.74, 6) is 2.15. The average Bonchev–Trinajstić information content (AvgIpc) is 3.24. The van der Waals surface area contributed by atoms with E-state index in [2.05, 4.69) is 32.6 Å². The van der Waals surface area contributed by atoms with Gasteiger partial charge in [-0.25, -0.2) is 4.98 Å². The quantitative estimate of drug-likeness (QED) is 0.456. The number of carbonyl (C=O) groups is 1. The third-order valence-electron chi connectivity index (χ3n) is 4.68. The van der Waals surface area contributed by atoms with Crippen molar-refractivity contribution in [3.8, 4) is 17.1 Å². The van der Waals surface area contributed by atoms with E-state index in [1.165, 1.54) is 5.56 Å². The molecule has 0 aliphatic rings. The molecule has 3 aromatic rings. The Hall–Kier alpha value is -3.19. The lowest BCUT2D eigenvalue weighted by atomic mass is 10.1. The van der Waals surface area contributed by atoms with Gasteiger partial charge in [-0.3, -0.25) is 9.89 Å². The van der Waals surface area contributed by atoms with Crippen LogP contribution in [0.4, 0.5) is 5.69 Å². The fraction of sp³-hybridized carbons (Fsp3) is 0.318. The van der Waals surface area contributed by atoms with Crippen LogP contribution in [0.2, 0.25) is 0 Å². The van der Waals surface area contributed by atoms with E-state index in [1.54, 1.807) is 7.11 Å². The summed E-state index contributed by atoms with van der Waals surface area (Å²) >= 11 is 0. The molecule has 0 spiro atoms. The zero-order valence-corrected chi connectivity index (χ0v) is 16.6. The number of rotatable bonds is 10. The number of nitrogens with two attached hydrogens (primary N) is 1. The Morgan fingerprint density at radius 2 is 1.83 bits per heavy atom. The van der Waals surface area contributed by atoms with E-state index in [1.807, 2.05) is 36.4 Å². The first-order valence-corrected chi connectivity index (χ1v) is 9.82. The fourth-order valence-electron chi connectivity index (χ4n) is 3.03. The molecule has 4 N–H and O–H groups in total. The first-order valence-electron chi connectivity index (χ1n) is 9.82. The van der Waals surface area contributed by atoms with Crippen molar-refractivity contribution in [1.29, 1.82) is 0 Å². The number of methoxy groups -OCH3 is 1. The van der Waals surface area contributed by atoms with Crippen molar-refractivity contribution in [2.45, 2.75) is 38.6 Å². The second-order valence-corrected chi connectivity index (χ2v) is 6.84. The van der Waals surface area contributed by atoms with Crippen LogP contribution in [0, 0.1) is 0 Å². The predicted octanol–water partition coefficient (Wildman–Crippen LogP) is 3.68. The van der Waals surface area contributed by atoms with E-state index >= 15 is 0 Å². The highest BCUT2D eigenvalue weighted by Crippen LogP contribution is 2.18. The standard InChI is InChI=1S/C22H27N5O2/c1-29-19-13-7-16(8-14-19)5-3-2-4-6-21(28)24-18-11-9-17(10-12-18)22-25-20(15-23)26-27-22/h7-14H,2-6,15,23H2,1H3,(H,24,28)(H,25,26,27). The Kier molecular flexibility index (Phi) is 7.35. The number of aromatic nitrogens is 3. The van der Waals surface area contributed by atoms with Gasteiger partial charge in [0, 0.05) is 17.7 Å². The molecule has 0 bridgehead atoms. The van der Waals surface area contributed by atoms with E-state index < -0.39 is 0 Å². The van der Waals surface area contributed by atoms with Gasteiger partial charge in [0.15, 0.2) is 5.82 Å². The van der Waals surface area contributed by atoms with Gasteiger partial charge >= 0.3 is 0 Å². The predicted molar refractivity (Wildman–Crippen MR) is 114 cm³/mol. The Balaban J connectivity index is 1.36. The number of unbranched alkanes of at least 4 members (excludes halogenated alkanes) is 2. The lowest BCUT2D eigenvalue weighted by Gasteiger charge is -2.06. The van der Waals surface area contributed by atoms with Crippen molar-refractivity contribution in [2.75, 3.05) is 12.4 Å². The lowest BCUT2D eigenvalue weighted by molar-refractivity contribution is -0.116. The molecule has 0 radical (unpaired) electrons. The topological polar surface area (TPSA) is 106 Å². The fourth-order valence-corrected chi connectivity index (χ4v) is 3.03. The number of benzene rings is 2. The molecule has 7 heteroatoms. The molecule has 0 aliphatic carbocycles. The Morgan fingerprint density at radius 3 is 2.48 bits per heavy atom. The number of anilines is 1. The van der Waals surface area contributed by atoms with Gasteiger partial charge in [-0.05, 0) is 61.2 Å². The first kappa shape index (κ1) is 20.5. The summed E-state index contributed by atoms with van der Waals surface area (Å²) in [6, 6.07) is 15.6. The van der Waals surface area contributed by atoms with Gasteiger partial charge in [-0.1, -0.05) is 18.6 Å². The summed E-state index contributed by atoms with van der Waals surface area (Å²) in [7, 11) is 1.67. The number of H-pyrrole nitrogens is 1. The van der Waals surface area contributed by atoms with Crippen molar-refractivity contribution in [3.63, 3.8) is 0 Å². The zero-order valence-electron chi connectivity index (χ0n) is 16.6. The molecule has 2 aromatic carbocycles. The van der Waals surface area contributed by atoms with E-state index in [-0.39, 0.29) is 5.91 Å². The number of aromatic amines is 1. The van der Waals surface area contributed by atoms with Crippen molar-refractivity contribution in [3.05, 3.63) is 59.9 Å². The molecule has 0 atom stereocenters. The largest absolute Gasteiger partial charge is 0.497 e. The van der Waals surface area contributed by atoms with Gasteiger partial charge in [-0.15, -0.1) is 0 Å². The van der Waals surface area contributed by atoms with Gasteiger partial charge in [0.05, 0.1) is 13.7 Å². The highest BCUT2D eigenvalue weighted by atomic mass is 16.5. The van der Waals surface area contributed by atoms with E-state index in [0.29, 0.717) is 24.6 Å². The molecule has 1 heterocycles. The van der Waals surface area contributed by atoms with Crippen LogP contribution < -0.4 is 15.8 Å². The van der Waals surface area contributed by atoms with E-state index in [4.69, 9.17) is 10.5 Å². The maximum Gasteiger partial charge on any atom is 0.224 e. The molecule has 1 aromatic heterocycles. The van der Waals surface area contributed by atoms with Crippen LogP contribution in [0.25, 0.3) is 11.4 Å². The highest BCUT2D eigenvalue weighted by Gasteiger charge is 2.06. The highest BCUT2D eigenvalue weighted by molar-refractivity contribution is 5.90. The maximum atomic E-state index is 12.1. The summed E-state index contributed by atoms with van der Waals surface area (Å²) in [6.07, 6.45) is 4.49. The monoisotopic (exact) mass is 393 g/mol. The van der Waals surface area contributed by atoms with Crippen LogP contribution in [-0.4, -0.2) is 28.2 Å². The molecule has 0 aliphatic heterocycles. The van der Waals surface area contributed by atoms with Crippen molar-refractivity contribution in [2.24, 2.45) is 5.73 Å². The minimum atomic E-state index is 0.0329. The number of carbonyl (C=O) groups excluding carboxylic acids is 1.